The summed E-state index contributed by atoms with van der Waals surface area (Å²) in [5.41, 5.74) is 5.54. The molecule has 1 aromatic heterocycles. The van der Waals surface area contributed by atoms with Crippen LogP contribution in [-0.4, -0.2) is 28.4 Å². The summed E-state index contributed by atoms with van der Waals surface area (Å²) in [5, 5.41) is 8.04. The van der Waals surface area contributed by atoms with Gasteiger partial charge in [0.05, 0.1) is 16.9 Å². The Morgan fingerprint density at radius 2 is 2.14 bits per heavy atom. The average molecular weight is 399 g/mol. The van der Waals surface area contributed by atoms with Gasteiger partial charge in [0.15, 0.2) is 0 Å². The van der Waals surface area contributed by atoms with Crippen molar-refractivity contribution in [3.63, 3.8) is 0 Å². The molecule has 6 heteroatoms. The third kappa shape index (κ3) is 4.53. The molecule has 2 aliphatic rings. The van der Waals surface area contributed by atoms with Gasteiger partial charge in [0.2, 0.25) is 5.91 Å². The predicted molar refractivity (Wildman–Crippen MR) is 115 cm³/mol. The number of carbonyl (C=O) groups excluding carboxylic acids is 1. The molecule has 0 atom stereocenters. The zero-order chi connectivity index (χ0) is 20.3. The molecule has 1 aromatic rings. The van der Waals surface area contributed by atoms with Crippen molar-refractivity contribution in [2.75, 3.05) is 7.05 Å². The van der Waals surface area contributed by atoms with Crippen LogP contribution < -0.4 is 5.32 Å². The molecule has 148 valence electrons. The Morgan fingerprint density at radius 1 is 1.39 bits per heavy atom. The molecule has 0 unspecified atom stereocenters. The van der Waals surface area contributed by atoms with Crippen LogP contribution in [0.15, 0.2) is 57.5 Å². The van der Waals surface area contributed by atoms with Crippen LogP contribution >= 0.6 is 11.6 Å². The molecule has 0 saturated heterocycles. The number of allylic oxidation sites excluding steroid dienone is 7. The Kier molecular flexibility index (Phi) is 6.35. The third-order valence-corrected chi connectivity index (χ3v) is 5.39. The van der Waals surface area contributed by atoms with Crippen LogP contribution in [0.3, 0.4) is 0 Å². The van der Waals surface area contributed by atoms with E-state index < -0.39 is 0 Å². The number of carbonyl (C=O) groups is 1. The Labute approximate surface area is 171 Å². The number of hydrogen-bond acceptors (Lipinski definition) is 3. The molecule has 0 aliphatic heterocycles. The molecule has 1 N–H and O–H groups in total. The number of aromatic nitrogens is 2. The van der Waals surface area contributed by atoms with Crippen molar-refractivity contribution in [1.82, 2.24) is 15.1 Å². The van der Waals surface area contributed by atoms with Gasteiger partial charge in [0.25, 0.3) is 0 Å². The van der Waals surface area contributed by atoms with Crippen molar-refractivity contribution in [2.45, 2.75) is 46.6 Å². The first kappa shape index (κ1) is 20.3. The second-order valence-electron chi connectivity index (χ2n) is 7.16. The summed E-state index contributed by atoms with van der Waals surface area (Å²) in [5.74, 6) is 0.249. The lowest BCUT2D eigenvalue weighted by atomic mass is 9.95. The van der Waals surface area contributed by atoms with Crippen molar-refractivity contribution in [3.8, 4) is 0 Å². The summed E-state index contributed by atoms with van der Waals surface area (Å²) in [6.07, 6.45) is 12.6. The second kappa shape index (κ2) is 8.74. The fourth-order valence-electron chi connectivity index (χ4n) is 3.01. The first-order chi connectivity index (χ1) is 13.5. The summed E-state index contributed by atoms with van der Waals surface area (Å²) in [6, 6.07) is 0. The maximum absolute atomic E-state index is 12.3. The third-order valence-electron chi connectivity index (χ3n) is 5.10. The number of nitrogens with zero attached hydrogens (tertiary/aromatic N) is 3. The molecular weight excluding hydrogens is 372 g/mol. The van der Waals surface area contributed by atoms with E-state index in [9.17, 15) is 4.79 Å². The largest absolute Gasteiger partial charge is 0.326 e. The SMILES string of the molecule is CC/C(C)=C(/C=C1/C=C(c2cnn(CC)c2)C=C(Cl)C1=NC)NC(=O)C1CC1. The average Bonchev–Trinajstić information content (AvgIpc) is 3.43. The molecule has 0 spiro atoms. The molecular formula is C22H27ClN4O. The minimum absolute atomic E-state index is 0.0977. The van der Waals surface area contributed by atoms with Crippen LogP contribution in [0.5, 0.6) is 0 Å². The lowest BCUT2D eigenvalue weighted by Gasteiger charge is -2.17. The van der Waals surface area contributed by atoms with E-state index in [1.165, 1.54) is 0 Å². The molecule has 1 saturated carbocycles. The molecule has 0 radical (unpaired) electrons. The number of aryl methyl sites for hydroxylation is 1. The van der Waals surface area contributed by atoms with Gasteiger partial charge in [-0.3, -0.25) is 14.5 Å². The first-order valence-electron chi connectivity index (χ1n) is 9.78. The predicted octanol–water partition coefficient (Wildman–Crippen LogP) is 4.63. The molecule has 1 amide bonds. The lowest BCUT2D eigenvalue weighted by Crippen LogP contribution is -2.25. The van der Waals surface area contributed by atoms with Crippen molar-refractivity contribution in [2.24, 2.45) is 10.9 Å². The van der Waals surface area contributed by atoms with Gasteiger partial charge in [-0.15, -0.1) is 0 Å². The number of halogens is 1. The molecule has 3 rings (SSSR count). The van der Waals surface area contributed by atoms with Gasteiger partial charge < -0.3 is 5.32 Å². The molecule has 1 fully saturated rings. The van der Waals surface area contributed by atoms with Gasteiger partial charge in [0, 0.05) is 42.5 Å². The van der Waals surface area contributed by atoms with Gasteiger partial charge in [-0.2, -0.15) is 5.10 Å². The van der Waals surface area contributed by atoms with E-state index in [4.69, 9.17) is 11.6 Å². The Balaban J connectivity index is 2.01. The minimum atomic E-state index is 0.0977. The topological polar surface area (TPSA) is 59.3 Å². The normalized spacial score (nSPS) is 20.8. The maximum atomic E-state index is 12.3. The van der Waals surface area contributed by atoms with Crippen molar-refractivity contribution < 1.29 is 4.79 Å². The van der Waals surface area contributed by atoms with E-state index >= 15 is 0 Å². The monoisotopic (exact) mass is 398 g/mol. The molecule has 1 heterocycles. The van der Waals surface area contributed by atoms with Gasteiger partial charge in [-0.1, -0.05) is 18.5 Å². The van der Waals surface area contributed by atoms with Crippen LogP contribution in [0.2, 0.25) is 0 Å². The van der Waals surface area contributed by atoms with Crippen LogP contribution in [0.25, 0.3) is 5.57 Å². The van der Waals surface area contributed by atoms with Crippen LogP contribution in [-0.2, 0) is 11.3 Å². The fourth-order valence-corrected chi connectivity index (χ4v) is 3.32. The summed E-state index contributed by atoms with van der Waals surface area (Å²) < 4.78 is 1.88. The highest BCUT2D eigenvalue weighted by molar-refractivity contribution is 6.48. The van der Waals surface area contributed by atoms with Crippen molar-refractivity contribution in [3.05, 3.63) is 58.1 Å². The van der Waals surface area contributed by atoms with Gasteiger partial charge in [0.1, 0.15) is 0 Å². The van der Waals surface area contributed by atoms with E-state index in [0.29, 0.717) is 5.03 Å². The Bertz CT molecular complexity index is 926. The highest BCUT2D eigenvalue weighted by Gasteiger charge is 2.30. The van der Waals surface area contributed by atoms with Crippen LogP contribution in [0.1, 0.15) is 45.6 Å². The standard InChI is InChI=1S/C22H27ClN4O/c1-5-14(3)20(26-22(28)15-7-8-15)11-17-9-16(10-19(23)21(17)24-4)18-12-25-27(6-2)13-18/h9-13,15H,5-8H2,1-4H3,(H,26,28)/b17-11-,20-14-,24-21?. The quantitative estimate of drug-likeness (QED) is 0.759. The molecule has 0 bridgehead atoms. The molecule has 0 aromatic carbocycles. The molecule has 5 nitrogen and oxygen atoms in total. The van der Waals surface area contributed by atoms with E-state index in [2.05, 4.69) is 35.3 Å². The summed E-state index contributed by atoms with van der Waals surface area (Å²) >= 11 is 6.54. The summed E-state index contributed by atoms with van der Waals surface area (Å²) in [6.45, 7) is 6.98. The highest BCUT2D eigenvalue weighted by Crippen LogP contribution is 2.31. The number of nitrogens with one attached hydrogen (secondary N) is 1. The van der Waals surface area contributed by atoms with Crippen LogP contribution in [0, 0.1) is 5.92 Å². The number of aliphatic imine (C=N–C) groups is 1. The van der Waals surface area contributed by atoms with E-state index in [0.717, 1.165) is 59.5 Å². The van der Waals surface area contributed by atoms with Crippen LogP contribution in [0.4, 0.5) is 0 Å². The maximum Gasteiger partial charge on any atom is 0.227 e. The van der Waals surface area contributed by atoms with E-state index in [1.54, 1.807) is 7.05 Å². The number of hydrogen-bond donors (Lipinski definition) is 1. The highest BCUT2D eigenvalue weighted by atomic mass is 35.5. The fraction of sp³-hybridized carbons (Fsp3) is 0.409. The smallest absolute Gasteiger partial charge is 0.227 e. The number of rotatable bonds is 6. The lowest BCUT2D eigenvalue weighted by molar-refractivity contribution is -0.121. The second-order valence-corrected chi connectivity index (χ2v) is 7.57. The van der Waals surface area contributed by atoms with Gasteiger partial charge >= 0.3 is 0 Å². The minimum Gasteiger partial charge on any atom is -0.326 e. The summed E-state index contributed by atoms with van der Waals surface area (Å²) in [4.78, 5) is 16.7. The van der Waals surface area contributed by atoms with E-state index in [1.807, 2.05) is 36.2 Å². The number of amides is 1. The Morgan fingerprint density at radius 3 is 2.71 bits per heavy atom. The van der Waals surface area contributed by atoms with Gasteiger partial charge in [-0.25, -0.2) is 0 Å². The zero-order valence-electron chi connectivity index (χ0n) is 16.9. The van der Waals surface area contributed by atoms with Crippen molar-refractivity contribution in [1.29, 1.82) is 0 Å². The van der Waals surface area contributed by atoms with Crippen molar-refractivity contribution >= 4 is 28.8 Å². The molecule has 28 heavy (non-hydrogen) atoms. The van der Waals surface area contributed by atoms with Gasteiger partial charge in [-0.05, 0) is 62.5 Å². The first-order valence-corrected chi connectivity index (χ1v) is 10.2. The summed E-state index contributed by atoms with van der Waals surface area (Å²) in [7, 11) is 1.73. The molecule has 2 aliphatic carbocycles. The Hall–Kier alpha value is -2.40. The zero-order valence-corrected chi connectivity index (χ0v) is 17.7. The van der Waals surface area contributed by atoms with E-state index in [-0.39, 0.29) is 11.8 Å².